The van der Waals surface area contributed by atoms with Crippen molar-refractivity contribution < 1.29 is 4.79 Å². The summed E-state index contributed by atoms with van der Waals surface area (Å²) in [6, 6.07) is 15.3. The molecule has 0 aliphatic carbocycles. The van der Waals surface area contributed by atoms with Gasteiger partial charge in [0.05, 0.1) is 8.07 Å². The van der Waals surface area contributed by atoms with Crippen molar-refractivity contribution in [1.29, 1.82) is 0 Å². The van der Waals surface area contributed by atoms with Crippen LogP contribution in [0, 0.1) is 5.92 Å². The number of hydrogen-bond acceptors (Lipinski definition) is 1. The minimum absolute atomic E-state index is 0.521. The fourth-order valence-corrected chi connectivity index (χ4v) is 9.52. The molecule has 3 rings (SSSR count). The van der Waals surface area contributed by atoms with E-state index in [1.165, 1.54) is 24.6 Å². The Morgan fingerprint density at radius 3 is 2.76 bits per heavy atom. The van der Waals surface area contributed by atoms with Gasteiger partial charge in [0.15, 0.2) is 0 Å². The van der Waals surface area contributed by atoms with E-state index < -0.39 is 8.07 Å². The predicted molar refractivity (Wildman–Crippen MR) is 73.2 cm³/mol. The number of rotatable bonds is 1. The minimum atomic E-state index is -1.22. The Morgan fingerprint density at radius 2 is 1.94 bits per heavy atom. The van der Waals surface area contributed by atoms with Gasteiger partial charge >= 0.3 is 0 Å². The first kappa shape index (κ1) is 11.2. The van der Waals surface area contributed by atoms with E-state index in [2.05, 4.69) is 30.3 Å². The molecule has 0 saturated carbocycles. The van der Waals surface area contributed by atoms with Gasteiger partial charge in [0, 0.05) is 12.8 Å². The van der Waals surface area contributed by atoms with Crippen molar-refractivity contribution in [3.05, 3.63) is 30.3 Å². The lowest BCUT2D eigenvalue weighted by molar-refractivity contribution is -0.119. The molecule has 2 aliphatic heterocycles. The summed E-state index contributed by atoms with van der Waals surface area (Å²) in [5.41, 5.74) is 0. The Bertz CT molecular complexity index is 414. The smallest absolute Gasteiger partial charge is 0.133 e. The Hall–Kier alpha value is -0.893. The Balaban J connectivity index is 1.90. The van der Waals surface area contributed by atoms with Gasteiger partial charge in [0.25, 0.3) is 0 Å². The molecule has 0 aromatic heterocycles. The van der Waals surface area contributed by atoms with Gasteiger partial charge in [-0.25, -0.2) is 0 Å². The summed E-state index contributed by atoms with van der Waals surface area (Å²) in [6.45, 7) is 0. The zero-order chi connectivity index (χ0) is 11.7. The summed E-state index contributed by atoms with van der Waals surface area (Å²) >= 11 is 0. The molecule has 17 heavy (non-hydrogen) atoms. The highest BCUT2D eigenvalue weighted by Gasteiger charge is 2.43. The van der Waals surface area contributed by atoms with Crippen LogP contribution in [0.25, 0.3) is 0 Å². The maximum absolute atomic E-state index is 11.7. The molecule has 0 unspecified atom stereocenters. The number of carbonyl (C=O) groups excluding carboxylic acids is 1. The van der Waals surface area contributed by atoms with Crippen LogP contribution in [-0.2, 0) is 4.79 Å². The molecular weight excluding hydrogens is 224 g/mol. The van der Waals surface area contributed by atoms with Gasteiger partial charge in [-0.15, -0.1) is 0 Å². The fourth-order valence-electron chi connectivity index (χ4n) is 3.88. The Kier molecular flexibility index (Phi) is 2.91. The second-order valence-electron chi connectivity index (χ2n) is 5.85. The largest absolute Gasteiger partial charge is 0.300 e. The number of ketones is 1. The highest BCUT2D eigenvalue weighted by atomic mass is 28.3. The van der Waals surface area contributed by atoms with E-state index in [1.54, 1.807) is 5.19 Å². The highest BCUT2D eigenvalue weighted by molar-refractivity contribution is 6.92. The lowest BCUT2D eigenvalue weighted by Gasteiger charge is -2.29. The van der Waals surface area contributed by atoms with Gasteiger partial charge < -0.3 is 0 Å². The Labute approximate surface area is 104 Å². The summed E-state index contributed by atoms with van der Waals surface area (Å²) in [6.07, 6.45) is 4.18. The molecule has 0 amide bonds. The molecule has 1 aromatic rings. The minimum Gasteiger partial charge on any atom is -0.300 e. The summed E-state index contributed by atoms with van der Waals surface area (Å²) in [4.78, 5) is 11.7. The van der Waals surface area contributed by atoms with Crippen LogP contribution in [-0.4, -0.2) is 13.9 Å². The average molecular weight is 244 g/mol. The maximum Gasteiger partial charge on any atom is 0.133 e. The summed E-state index contributed by atoms with van der Waals surface area (Å²) in [5.74, 6) is 1.24. The second-order valence-corrected chi connectivity index (χ2v) is 10.4. The van der Waals surface area contributed by atoms with Crippen LogP contribution in [0.4, 0.5) is 0 Å². The van der Waals surface area contributed by atoms with Crippen LogP contribution in [0.2, 0.25) is 18.1 Å². The molecule has 2 fully saturated rings. The van der Waals surface area contributed by atoms with Gasteiger partial charge in [-0.05, 0) is 18.4 Å². The van der Waals surface area contributed by atoms with Gasteiger partial charge in [-0.3, -0.25) is 4.79 Å². The van der Waals surface area contributed by atoms with Crippen LogP contribution in [0.1, 0.15) is 25.7 Å². The second kappa shape index (κ2) is 4.41. The Morgan fingerprint density at radius 1 is 1.12 bits per heavy atom. The number of fused-ring (bicyclic) bond motifs is 2. The van der Waals surface area contributed by atoms with Gasteiger partial charge in [-0.1, -0.05) is 54.0 Å². The lowest BCUT2D eigenvalue weighted by atomic mass is 10.00. The molecule has 0 spiro atoms. The maximum atomic E-state index is 11.7. The molecule has 0 radical (unpaired) electrons. The van der Waals surface area contributed by atoms with Crippen molar-refractivity contribution >= 4 is 19.0 Å². The van der Waals surface area contributed by atoms with Crippen LogP contribution < -0.4 is 5.19 Å². The highest BCUT2D eigenvalue weighted by Crippen LogP contribution is 2.42. The first-order chi connectivity index (χ1) is 8.28. The van der Waals surface area contributed by atoms with Crippen molar-refractivity contribution in [3.63, 3.8) is 0 Å². The summed E-state index contributed by atoms with van der Waals surface area (Å²) in [7, 11) is -1.22. The van der Waals surface area contributed by atoms with Crippen molar-refractivity contribution in [2.75, 3.05) is 0 Å². The summed E-state index contributed by atoms with van der Waals surface area (Å²) < 4.78 is 0. The standard InChI is InChI=1S/C15H20OSi/c16-14-5-4-9-17(10-8-13(11-14)12-17)15-6-2-1-3-7-15/h1-3,6-7,13H,4-5,8-12H2/t13-,17+/m1/s1. The average Bonchev–Trinajstić information content (AvgIpc) is 2.75. The zero-order valence-corrected chi connectivity index (χ0v) is 11.3. The fraction of sp³-hybridized carbons (Fsp3) is 0.533. The van der Waals surface area contributed by atoms with Crippen molar-refractivity contribution in [1.82, 2.24) is 0 Å². The molecule has 0 N–H and O–H groups in total. The lowest BCUT2D eigenvalue weighted by Crippen LogP contribution is -2.45. The molecule has 1 nitrogen and oxygen atoms in total. The van der Waals surface area contributed by atoms with Crippen LogP contribution in [0.15, 0.2) is 30.3 Å². The first-order valence-electron chi connectivity index (χ1n) is 6.86. The number of carbonyl (C=O) groups is 1. The van der Waals surface area contributed by atoms with E-state index in [0.29, 0.717) is 5.78 Å². The van der Waals surface area contributed by atoms with Crippen molar-refractivity contribution in [2.24, 2.45) is 5.92 Å². The third kappa shape index (κ3) is 2.11. The van der Waals surface area contributed by atoms with Crippen LogP contribution in [0.5, 0.6) is 0 Å². The molecule has 1 aromatic carbocycles. The molecule has 2 aliphatic rings. The van der Waals surface area contributed by atoms with E-state index in [-0.39, 0.29) is 0 Å². The molecule has 2 heteroatoms. The molecule has 2 saturated heterocycles. The molecule has 2 heterocycles. The van der Waals surface area contributed by atoms with E-state index >= 15 is 0 Å². The predicted octanol–water partition coefficient (Wildman–Crippen LogP) is 3.12. The van der Waals surface area contributed by atoms with E-state index in [1.807, 2.05) is 0 Å². The van der Waals surface area contributed by atoms with Gasteiger partial charge in [0.1, 0.15) is 5.78 Å². The van der Waals surface area contributed by atoms with Gasteiger partial charge in [0.2, 0.25) is 0 Å². The van der Waals surface area contributed by atoms with Crippen LogP contribution >= 0.6 is 0 Å². The zero-order valence-electron chi connectivity index (χ0n) is 10.3. The molecule has 2 atom stereocenters. The monoisotopic (exact) mass is 244 g/mol. The van der Waals surface area contributed by atoms with Gasteiger partial charge in [-0.2, -0.15) is 0 Å². The quantitative estimate of drug-likeness (QED) is 0.694. The normalized spacial score (nSPS) is 33.2. The number of hydrogen-bond donors (Lipinski definition) is 0. The van der Waals surface area contributed by atoms with Crippen molar-refractivity contribution in [3.8, 4) is 0 Å². The van der Waals surface area contributed by atoms with E-state index in [0.717, 1.165) is 25.2 Å². The third-order valence-electron chi connectivity index (χ3n) is 4.72. The topological polar surface area (TPSA) is 17.1 Å². The number of benzene rings is 1. The molecule has 2 bridgehead atoms. The van der Waals surface area contributed by atoms with E-state index in [9.17, 15) is 4.79 Å². The number of Topliss-reactive ketones (excluding diaryl/α,β-unsaturated/α-hetero) is 1. The first-order valence-corrected chi connectivity index (χ1v) is 9.48. The third-order valence-corrected chi connectivity index (χ3v) is 10.2. The summed E-state index contributed by atoms with van der Waals surface area (Å²) in [5, 5.41) is 1.65. The van der Waals surface area contributed by atoms with Crippen molar-refractivity contribution in [2.45, 2.75) is 43.8 Å². The van der Waals surface area contributed by atoms with E-state index in [4.69, 9.17) is 0 Å². The SMILES string of the molecule is O=C1CCC[Si@]2(c3ccccc3)CC[C@H](C1)C2. The van der Waals surface area contributed by atoms with Crippen LogP contribution in [0.3, 0.4) is 0 Å². The molecule has 90 valence electrons. The molecular formula is C15H20OSi.